The highest BCUT2D eigenvalue weighted by Gasteiger charge is 2.11. The summed E-state index contributed by atoms with van der Waals surface area (Å²) in [5.41, 5.74) is 7.27. The molecule has 0 aliphatic heterocycles. The summed E-state index contributed by atoms with van der Waals surface area (Å²) >= 11 is 0. The van der Waals surface area contributed by atoms with Crippen LogP contribution in [0.25, 0.3) is 11.3 Å². The molecule has 6 nitrogen and oxygen atoms in total. The van der Waals surface area contributed by atoms with Gasteiger partial charge in [0.05, 0.1) is 18.5 Å². The molecule has 0 saturated carbocycles. The van der Waals surface area contributed by atoms with Gasteiger partial charge in [-0.2, -0.15) is 10.2 Å². The molecule has 0 spiro atoms. The number of hydrogen-bond donors (Lipinski definition) is 2. The highest BCUT2D eigenvalue weighted by atomic mass is 16.5. The summed E-state index contributed by atoms with van der Waals surface area (Å²) in [6.07, 6.45) is 0. The second kappa shape index (κ2) is 7.65. The van der Waals surface area contributed by atoms with Crippen LogP contribution in [0.3, 0.4) is 0 Å². The van der Waals surface area contributed by atoms with Crippen LogP contribution in [-0.4, -0.2) is 28.9 Å². The molecule has 0 saturated heterocycles. The molecule has 1 amide bonds. The summed E-state index contributed by atoms with van der Waals surface area (Å²) in [5.74, 6) is 0.387. The molecule has 0 atom stereocenters. The lowest BCUT2D eigenvalue weighted by atomic mass is 10.1. The SMILES string of the molecule is COc1cccc(/C(C)=N\NC(=O)c2cc(-c3ccc(C)cc3)n[nH]2)c1. The van der Waals surface area contributed by atoms with E-state index in [1.807, 2.05) is 62.4 Å². The number of hydrogen-bond acceptors (Lipinski definition) is 4. The average Bonchev–Trinajstić information content (AvgIpc) is 3.16. The Bertz CT molecular complexity index is 942. The summed E-state index contributed by atoms with van der Waals surface area (Å²) in [4.78, 5) is 12.3. The first kappa shape index (κ1) is 17.4. The molecule has 132 valence electrons. The molecular formula is C20H20N4O2. The number of rotatable bonds is 5. The first-order chi connectivity index (χ1) is 12.6. The van der Waals surface area contributed by atoms with Crippen molar-refractivity contribution in [1.29, 1.82) is 0 Å². The van der Waals surface area contributed by atoms with Gasteiger partial charge in [-0.3, -0.25) is 9.89 Å². The van der Waals surface area contributed by atoms with E-state index >= 15 is 0 Å². The van der Waals surface area contributed by atoms with Gasteiger partial charge in [0.1, 0.15) is 11.4 Å². The molecule has 1 aromatic heterocycles. The van der Waals surface area contributed by atoms with Crippen LogP contribution in [0, 0.1) is 6.92 Å². The summed E-state index contributed by atoms with van der Waals surface area (Å²) in [6, 6.07) is 17.1. The quantitative estimate of drug-likeness (QED) is 0.547. The van der Waals surface area contributed by atoms with Gasteiger partial charge in [-0.25, -0.2) is 5.43 Å². The Hall–Kier alpha value is -3.41. The van der Waals surface area contributed by atoms with Crippen molar-refractivity contribution in [2.75, 3.05) is 7.11 Å². The number of aromatic amines is 1. The van der Waals surface area contributed by atoms with E-state index in [1.165, 1.54) is 5.56 Å². The lowest BCUT2D eigenvalue weighted by Crippen LogP contribution is -2.19. The molecule has 2 N–H and O–H groups in total. The standard InChI is InChI=1S/C20H20N4O2/c1-13-7-9-15(10-8-13)18-12-19(23-22-18)20(25)24-21-14(2)16-5-4-6-17(11-16)26-3/h4-12H,1-3H3,(H,22,23)(H,24,25)/b21-14-. The van der Waals surface area contributed by atoms with Crippen LogP contribution in [0.4, 0.5) is 0 Å². The number of H-pyrrole nitrogens is 1. The molecule has 0 unspecified atom stereocenters. The normalized spacial score (nSPS) is 11.3. The van der Waals surface area contributed by atoms with Crippen LogP contribution < -0.4 is 10.2 Å². The number of aryl methyl sites for hydroxylation is 1. The van der Waals surface area contributed by atoms with Crippen LogP contribution in [0.5, 0.6) is 5.75 Å². The average molecular weight is 348 g/mol. The van der Waals surface area contributed by atoms with Gasteiger partial charge in [-0.15, -0.1) is 0 Å². The maximum Gasteiger partial charge on any atom is 0.289 e. The smallest absolute Gasteiger partial charge is 0.289 e. The van der Waals surface area contributed by atoms with Gasteiger partial charge in [0, 0.05) is 11.1 Å². The molecular weight excluding hydrogens is 328 g/mol. The van der Waals surface area contributed by atoms with E-state index in [2.05, 4.69) is 20.7 Å². The zero-order valence-corrected chi connectivity index (χ0v) is 14.9. The van der Waals surface area contributed by atoms with E-state index in [0.29, 0.717) is 17.1 Å². The van der Waals surface area contributed by atoms with Crippen molar-refractivity contribution in [2.45, 2.75) is 13.8 Å². The molecule has 3 aromatic rings. The van der Waals surface area contributed by atoms with Gasteiger partial charge in [-0.1, -0.05) is 42.0 Å². The third-order valence-electron chi connectivity index (χ3n) is 3.98. The highest BCUT2D eigenvalue weighted by molar-refractivity contribution is 6.00. The Morgan fingerprint density at radius 3 is 2.65 bits per heavy atom. The van der Waals surface area contributed by atoms with E-state index in [9.17, 15) is 4.79 Å². The van der Waals surface area contributed by atoms with E-state index in [1.54, 1.807) is 13.2 Å². The van der Waals surface area contributed by atoms with Crippen LogP contribution in [0.15, 0.2) is 59.7 Å². The maximum atomic E-state index is 12.3. The topological polar surface area (TPSA) is 79.4 Å². The van der Waals surface area contributed by atoms with Gasteiger partial charge in [-0.05, 0) is 32.0 Å². The van der Waals surface area contributed by atoms with Gasteiger partial charge >= 0.3 is 0 Å². The van der Waals surface area contributed by atoms with Crippen molar-refractivity contribution in [3.05, 3.63) is 71.4 Å². The fourth-order valence-electron chi connectivity index (χ4n) is 2.42. The first-order valence-electron chi connectivity index (χ1n) is 8.18. The lowest BCUT2D eigenvalue weighted by molar-refractivity contribution is 0.0950. The second-order valence-corrected chi connectivity index (χ2v) is 5.90. The number of carbonyl (C=O) groups is 1. The third-order valence-corrected chi connectivity index (χ3v) is 3.98. The van der Waals surface area contributed by atoms with E-state index in [-0.39, 0.29) is 5.91 Å². The molecule has 26 heavy (non-hydrogen) atoms. The van der Waals surface area contributed by atoms with Crippen molar-refractivity contribution < 1.29 is 9.53 Å². The molecule has 0 radical (unpaired) electrons. The minimum absolute atomic E-state index is 0.349. The number of nitrogens with zero attached hydrogens (tertiary/aromatic N) is 2. The second-order valence-electron chi connectivity index (χ2n) is 5.90. The predicted octanol–water partition coefficient (Wildman–Crippen LogP) is 3.55. The first-order valence-corrected chi connectivity index (χ1v) is 8.18. The Morgan fingerprint density at radius 1 is 1.15 bits per heavy atom. The van der Waals surface area contributed by atoms with Crippen molar-refractivity contribution in [3.63, 3.8) is 0 Å². The zero-order valence-electron chi connectivity index (χ0n) is 14.9. The number of aromatic nitrogens is 2. The highest BCUT2D eigenvalue weighted by Crippen LogP contribution is 2.18. The number of ether oxygens (including phenoxy) is 1. The number of amides is 1. The largest absolute Gasteiger partial charge is 0.497 e. The maximum absolute atomic E-state index is 12.3. The summed E-state index contributed by atoms with van der Waals surface area (Å²) in [7, 11) is 1.61. The Morgan fingerprint density at radius 2 is 1.92 bits per heavy atom. The zero-order chi connectivity index (χ0) is 18.5. The van der Waals surface area contributed by atoms with Crippen molar-refractivity contribution in [2.24, 2.45) is 5.10 Å². The van der Waals surface area contributed by atoms with Crippen LogP contribution in [-0.2, 0) is 0 Å². The van der Waals surface area contributed by atoms with Crippen molar-refractivity contribution in [1.82, 2.24) is 15.6 Å². The summed E-state index contributed by atoms with van der Waals surface area (Å²) < 4.78 is 5.20. The number of carbonyl (C=O) groups excluding carboxylic acids is 1. The monoisotopic (exact) mass is 348 g/mol. The van der Waals surface area contributed by atoms with Crippen LogP contribution in [0.1, 0.15) is 28.5 Å². The third kappa shape index (κ3) is 3.97. The summed E-state index contributed by atoms with van der Waals surface area (Å²) in [5, 5.41) is 11.1. The molecule has 3 rings (SSSR count). The van der Waals surface area contributed by atoms with Crippen molar-refractivity contribution in [3.8, 4) is 17.0 Å². The van der Waals surface area contributed by atoms with E-state index in [4.69, 9.17) is 4.74 Å². The molecule has 1 heterocycles. The van der Waals surface area contributed by atoms with Gasteiger partial charge in [0.15, 0.2) is 0 Å². The predicted molar refractivity (Wildman–Crippen MR) is 101 cm³/mol. The van der Waals surface area contributed by atoms with Gasteiger partial charge in [0.25, 0.3) is 5.91 Å². The fraction of sp³-hybridized carbons (Fsp3) is 0.150. The van der Waals surface area contributed by atoms with Crippen LogP contribution in [0.2, 0.25) is 0 Å². The minimum Gasteiger partial charge on any atom is -0.497 e. The molecule has 0 aliphatic rings. The summed E-state index contributed by atoms with van der Waals surface area (Å²) in [6.45, 7) is 3.84. The fourth-order valence-corrected chi connectivity index (χ4v) is 2.42. The molecule has 0 bridgehead atoms. The van der Waals surface area contributed by atoms with Crippen molar-refractivity contribution >= 4 is 11.6 Å². The Balaban J connectivity index is 1.71. The molecule has 0 aliphatic carbocycles. The molecule has 6 heteroatoms. The number of hydrazone groups is 1. The molecule has 2 aromatic carbocycles. The van der Waals surface area contributed by atoms with Crippen LogP contribution >= 0.6 is 0 Å². The number of methoxy groups -OCH3 is 1. The van der Waals surface area contributed by atoms with Gasteiger partial charge < -0.3 is 4.74 Å². The number of benzene rings is 2. The Kier molecular flexibility index (Phi) is 5.12. The lowest BCUT2D eigenvalue weighted by Gasteiger charge is -2.04. The van der Waals surface area contributed by atoms with E-state index < -0.39 is 0 Å². The number of nitrogens with one attached hydrogen (secondary N) is 2. The minimum atomic E-state index is -0.349. The Labute approximate surface area is 151 Å². The van der Waals surface area contributed by atoms with Gasteiger partial charge in [0.2, 0.25) is 0 Å². The van der Waals surface area contributed by atoms with E-state index in [0.717, 1.165) is 16.9 Å². The molecule has 0 fully saturated rings.